The van der Waals surface area contributed by atoms with Crippen LogP contribution >= 0.6 is 11.6 Å². The van der Waals surface area contributed by atoms with E-state index in [0.29, 0.717) is 12.3 Å². The summed E-state index contributed by atoms with van der Waals surface area (Å²) in [5.41, 5.74) is 0.657. The van der Waals surface area contributed by atoms with Crippen LogP contribution in [0.15, 0.2) is 18.2 Å². The van der Waals surface area contributed by atoms with Gasteiger partial charge in [0.25, 0.3) is 0 Å². The van der Waals surface area contributed by atoms with Crippen LogP contribution in [0.2, 0.25) is 5.02 Å². The molecule has 0 heterocycles. The Morgan fingerprint density at radius 1 is 1.33 bits per heavy atom. The Morgan fingerprint density at radius 2 is 1.95 bits per heavy atom. The number of rotatable bonds is 2. The molecular weight excluding hydrogens is 285 g/mol. The molecule has 3 heteroatoms. The second kappa shape index (κ2) is 5.97. The molecule has 0 aliphatic heterocycles. The first kappa shape index (κ1) is 16.3. The SMILES string of the molecule is CC(C)(C)C1CCC(C#N)(Cc2cccc(F)c2Cl)CC1. The first-order valence-corrected chi connectivity index (χ1v) is 7.99. The number of hydrogen-bond acceptors (Lipinski definition) is 1. The number of nitriles is 1. The number of benzene rings is 1. The molecule has 0 unspecified atom stereocenters. The van der Waals surface area contributed by atoms with Gasteiger partial charge < -0.3 is 0 Å². The summed E-state index contributed by atoms with van der Waals surface area (Å²) in [6.07, 6.45) is 4.42. The Balaban J connectivity index is 2.15. The molecule has 1 saturated carbocycles. The molecule has 0 N–H and O–H groups in total. The highest BCUT2D eigenvalue weighted by Gasteiger charge is 2.39. The van der Waals surface area contributed by atoms with Crippen molar-refractivity contribution in [2.75, 3.05) is 0 Å². The van der Waals surface area contributed by atoms with Gasteiger partial charge in [0.05, 0.1) is 16.5 Å². The van der Waals surface area contributed by atoms with Gasteiger partial charge in [0, 0.05) is 0 Å². The van der Waals surface area contributed by atoms with E-state index in [4.69, 9.17) is 11.6 Å². The zero-order valence-corrected chi connectivity index (χ0v) is 13.8. The van der Waals surface area contributed by atoms with Crippen molar-refractivity contribution in [1.82, 2.24) is 0 Å². The Morgan fingerprint density at radius 3 is 2.48 bits per heavy atom. The van der Waals surface area contributed by atoms with Crippen molar-refractivity contribution in [2.24, 2.45) is 16.7 Å². The minimum atomic E-state index is -0.398. The molecule has 21 heavy (non-hydrogen) atoms. The quantitative estimate of drug-likeness (QED) is 0.680. The van der Waals surface area contributed by atoms with Gasteiger partial charge in [-0.2, -0.15) is 5.26 Å². The van der Waals surface area contributed by atoms with Crippen LogP contribution in [0.1, 0.15) is 52.0 Å². The van der Waals surface area contributed by atoms with Crippen molar-refractivity contribution in [3.05, 3.63) is 34.6 Å². The van der Waals surface area contributed by atoms with Crippen LogP contribution < -0.4 is 0 Å². The highest BCUT2D eigenvalue weighted by atomic mass is 35.5. The maximum absolute atomic E-state index is 13.6. The lowest BCUT2D eigenvalue weighted by atomic mass is 9.63. The fourth-order valence-electron chi connectivity index (χ4n) is 3.41. The lowest BCUT2D eigenvalue weighted by Crippen LogP contribution is -2.33. The summed E-state index contributed by atoms with van der Waals surface area (Å²) < 4.78 is 13.6. The van der Waals surface area contributed by atoms with Crippen LogP contribution in [0, 0.1) is 33.9 Å². The molecule has 0 amide bonds. The summed E-state index contributed by atoms with van der Waals surface area (Å²) in [4.78, 5) is 0. The van der Waals surface area contributed by atoms with Gasteiger partial charge in [-0.3, -0.25) is 0 Å². The van der Waals surface area contributed by atoms with Gasteiger partial charge in [0.1, 0.15) is 5.82 Å². The van der Waals surface area contributed by atoms with Crippen LogP contribution in [0.4, 0.5) is 4.39 Å². The molecule has 1 aromatic rings. The maximum Gasteiger partial charge on any atom is 0.142 e. The molecule has 0 atom stereocenters. The first-order chi connectivity index (χ1) is 9.77. The summed E-state index contributed by atoms with van der Waals surface area (Å²) in [5.74, 6) is 0.257. The van der Waals surface area contributed by atoms with Crippen LogP contribution in [0.3, 0.4) is 0 Å². The summed E-state index contributed by atoms with van der Waals surface area (Å²) in [5, 5.41) is 9.84. The Kier molecular flexibility index (Phi) is 4.63. The van der Waals surface area contributed by atoms with Crippen molar-refractivity contribution in [2.45, 2.75) is 52.9 Å². The first-order valence-electron chi connectivity index (χ1n) is 7.61. The number of hydrogen-bond donors (Lipinski definition) is 0. The van der Waals surface area contributed by atoms with Gasteiger partial charge >= 0.3 is 0 Å². The van der Waals surface area contributed by atoms with Crippen molar-refractivity contribution in [1.29, 1.82) is 5.26 Å². The van der Waals surface area contributed by atoms with E-state index in [1.165, 1.54) is 6.07 Å². The van der Waals surface area contributed by atoms with E-state index in [9.17, 15) is 9.65 Å². The minimum Gasteiger partial charge on any atom is -0.205 e. The molecule has 0 saturated heterocycles. The fraction of sp³-hybridized carbons (Fsp3) is 0.611. The summed E-state index contributed by atoms with van der Waals surface area (Å²) in [7, 11) is 0. The largest absolute Gasteiger partial charge is 0.205 e. The third-order valence-corrected chi connectivity index (χ3v) is 5.39. The Labute approximate surface area is 132 Å². The fourth-order valence-corrected chi connectivity index (χ4v) is 3.61. The maximum atomic E-state index is 13.6. The van der Waals surface area contributed by atoms with E-state index in [0.717, 1.165) is 31.2 Å². The van der Waals surface area contributed by atoms with E-state index < -0.39 is 5.82 Å². The smallest absolute Gasteiger partial charge is 0.142 e. The third kappa shape index (κ3) is 3.58. The molecule has 1 nitrogen and oxygen atoms in total. The Bertz CT molecular complexity index is 545. The van der Waals surface area contributed by atoms with Gasteiger partial charge in [-0.25, -0.2) is 4.39 Å². The minimum absolute atomic E-state index is 0.171. The van der Waals surface area contributed by atoms with Crippen LogP contribution in [-0.4, -0.2) is 0 Å². The monoisotopic (exact) mass is 307 g/mol. The molecule has 0 bridgehead atoms. The molecular formula is C18H23ClFN. The number of nitrogens with zero attached hydrogens (tertiary/aromatic N) is 1. The van der Waals surface area contributed by atoms with Crippen LogP contribution in [0.25, 0.3) is 0 Å². The van der Waals surface area contributed by atoms with E-state index in [1.807, 2.05) is 6.07 Å². The second-order valence-electron chi connectivity index (χ2n) is 7.42. The lowest BCUT2D eigenvalue weighted by Gasteiger charge is -2.40. The topological polar surface area (TPSA) is 23.8 Å². The normalized spacial score (nSPS) is 26.4. The number of halogens is 2. The van der Waals surface area contributed by atoms with E-state index in [-0.39, 0.29) is 15.9 Å². The summed E-state index contributed by atoms with van der Waals surface area (Å²) >= 11 is 6.05. The van der Waals surface area contributed by atoms with E-state index in [1.54, 1.807) is 6.07 Å². The lowest BCUT2D eigenvalue weighted by molar-refractivity contribution is 0.120. The predicted molar refractivity (Wildman–Crippen MR) is 84.6 cm³/mol. The average Bonchev–Trinajstić information content (AvgIpc) is 2.43. The average molecular weight is 308 g/mol. The van der Waals surface area contributed by atoms with Gasteiger partial charge in [-0.05, 0) is 55.1 Å². The third-order valence-electron chi connectivity index (χ3n) is 4.97. The van der Waals surface area contributed by atoms with Gasteiger partial charge in [0.15, 0.2) is 0 Å². The van der Waals surface area contributed by atoms with Gasteiger partial charge in [0.2, 0.25) is 0 Å². The van der Waals surface area contributed by atoms with Crippen molar-refractivity contribution in [3.63, 3.8) is 0 Å². The standard InChI is InChI=1S/C18H23ClFN/c1-17(2,3)14-7-9-18(12-21,10-8-14)11-13-5-4-6-15(20)16(13)19/h4-6,14H,7-11H2,1-3H3. The summed E-state index contributed by atoms with van der Waals surface area (Å²) in [6, 6.07) is 7.37. The molecule has 114 valence electrons. The van der Waals surface area contributed by atoms with E-state index >= 15 is 0 Å². The molecule has 1 aromatic carbocycles. The van der Waals surface area contributed by atoms with Crippen LogP contribution in [-0.2, 0) is 6.42 Å². The molecule has 1 aliphatic carbocycles. The highest BCUT2D eigenvalue weighted by molar-refractivity contribution is 6.31. The second-order valence-corrected chi connectivity index (χ2v) is 7.80. The molecule has 0 radical (unpaired) electrons. The van der Waals surface area contributed by atoms with Crippen LogP contribution in [0.5, 0.6) is 0 Å². The summed E-state index contributed by atoms with van der Waals surface area (Å²) in [6.45, 7) is 6.79. The van der Waals surface area contributed by atoms with Crippen molar-refractivity contribution >= 4 is 11.6 Å². The van der Waals surface area contributed by atoms with Crippen molar-refractivity contribution < 1.29 is 4.39 Å². The van der Waals surface area contributed by atoms with Gasteiger partial charge in [-0.1, -0.05) is 44.5 Å². The zero-order chi connectivity index (χ0) is 15.7. The molecule has 2 rings (SSSR count). The van der Waals surface area contributed by atoms with Crippen molar-refractivity contribution in [3.8, 4) is 6.07 Å². The molecule has 1 aliphatic rings. The molecule has 0 aromatic heterocycles. The predicted octanol–water partition coefficient (Wildman–Crippen LogP) is 5.77. The van der Waals surface area contributed by atoms with Gasteiger partial charge in [-0.15, -0.1) is 0 Å². The van der Waals surface area contributed by atoms with E-state index in [2.05, 4.69) is 26.8 Å². The molecule has 1 fully saturated rings. The zero-order valence-electron chi connectivity index (χ0n) is 13.0. The molecule has 0 spiro atoms. The highest BCUT2D eigenvalue weighted by Crippen LogP contribution is 2.47. The Hall–Kier alpha value is -1.07.